The summed E-state index contributed by atoms with van der Waals surface area (Å²) in [7, 11) is 0. The lowest BCUT2D eigenvalue weighted by Gasteiger charge is -2.27. The minimum Gasteiger partial charge on any atom is -0.338 e. The van der Waals surface area contributed by atoms with Gasteiger partial charge in [-0.2, -0.15) is 0 Å². The summed E-state index contributed by atoms with van der Waals surface area (Å²) in [6.07, 6.45) is 4.00. The van der Waals surface area contributed by atoms with E-state index in [1.165, 1.54) is 11.1 Å². The summed E-state index contributed by atoms with van der Waals surface area (Å²) in [5.41, 5.74) is 2.49. The number of carbonyl (C=O) groups is 1. The molecule has 3 nitrogen and oxygen atoms in total. The highest BCUT2D eigenvalue weighted by Gasteiger charge is 2.20. The number of aryl methyl sites for hydroxylation is 1. The lowest BCUT2D eigenvalue weighted by atomic mass is 9.94. The van der Waals surface area contributed by atoms with Gasteiger partial charge in [0.1, 0.15) is 0 Å². The van der Waals surface area contributed by atoms with Crippen molar-refractivity contribution in [3.05, 3.63) is 35.4 Å². The molecule has 0 aromatic heterocycles. The number of hydrogen-bond acceptors (Lipinski definition) is 2. The normalized spacial score (nSPS) is 15.9. The van der Waals surface area contributed by atoms with Crippen molar-refractivity contribution < 1.29 is 4.79 Å². The first-order chi connectivity index (χ1) is 10.2. The van der Waals surface area contributed by atoms with E-state index in [0.717, 1.165) is 45.4 Å². The van der Waals surface area contributed by atoms with Gasteiger partial charge < -0.3 is 10.2 Å². The fourth-order valence-corrected chi connectivity index (χ4v) is 2.94. The molecule has 1 aliphatic heterocycles. The van der Waals surface area contributed by atoms with Crippen molar-refractivity contribution in [3.8, 4) is 0 Å². The molecule has 0 unspecified atom stereocenters. The topological polar surface area (TPSA) is 32.3 Å². The van der Waals surface area contributed by atoms with Crippen LogP contribution in [0.5, 0.6) is 0 Å². The number of rotatable bonds is 6. The summed E-state index contributed by atoms with van der Waals surface area (Å²) in [6.45, 7) is 7.96. The molecule has 1 aromatic carbocycles. The van der Waals surface area contributed by atoms with Crippen molar-refractivity contribution >= 4 is 5.91 Å². The first-order valence-electron chi connectivity index (χ1n) is 8.23. The fourth-order valence-electron chi connectivity index (χ4n) is 2.94. The predicted molar refractivity (Wildman–Crippen MR) is 87.1 cm³/mol. The van der Waals surface area contributed by atoms with Crippen LogP contribution in [0.4, 0.5) is 0 Å². The molecular weight excluding hydrogens is 260 g/mol. The fraction of sp³-hybridized carbons (Fsp3) is 0.611. The van der Waals surface area contributed by atoms with Crippen LogP contribution in [0.2, 0.25) is 0 Å². The van der Waals surface area contributed by atoms with Gasteiger partial charge in [-0.3, -0.25) is 4.79 Å². The summed E-state index contributed by atoms with van der Waals surface area (Å²) in [5, 5.41) is 3.36. The molecule has 1 amide bonds. The lowest BCUT2D eigenvalue weighted by molar-refractivity contribution is -0.133. The van der Waals surface area contributed by atoms with Gasteiger partial charge in [-0.05, 0) is 50.8 Å². The second-order valence-electron chi connectivity index (χ2n) is 6.20. The summed E-state index contributed by atoms with van der Waals surface area (Å²) >= 11 is 0. The predicted octanol–water partition coefficient (Wildman–Crippen LogP) is 3.12. The van der Waals surface area contributed by atoms with Gasteiger partial charge in [-0.1, -0.05) is 36.8 Å². The molecule has 1 heterocycles. The van der Waals surface area contributed by atoms with E-state index in [-0.39, 0.29) is 0 Å². The Morgan fingerprint density at radius 3 is 2.52 bits per heavy atom. The van der Waals surface area contributed by atoms with Crippen molar-refractivity contribution in [1.29, 1.82) is 0 Å². The molecule has 0 saturated carbocycles. The number of carbonyl (C=O) groups excluding carboxylic acids is 1. The molecule has 0 radical (unpaired) electrons. The standard InChI is InChI=1S/C18H28N2O/c1-3-12-20(14-17-6-4-15(2)5-7-17)18(21)13-16-8-10-19-11-9-16/h4-7,16,19H,3,8-14H2,1-2H3. The zero-order chi connectivity index (χ0) is 15.1. The largest absolute Gasteiger partial charge is 0.338 e. The molecule has 0 atom stereocenters. The zero-order valence-electron chi connectivity index (χ0n) is 13.4. The van der Waals surface area contributed by atoms with Crippen molar-refractivity contribution in [3.63, 3.8) is 0 Å². The Morgan fingerprint density at radius 1 is 1.24 bits per heavy atom. The summed E-state index contributed by atoms with van der Waals surface area (Å²) in [4.78, 5) is 14.6. The molecule has 1 N–H and O–H groups in total. The van der Waals surface area contributed by atoms with Gasteiger partial charge in [0.2, 0.25) is 5.91 Å². The third-order valence-corrected chi connectivity index (χ3v) is 4.26. The second kappa shape index (κ2) is 8.18. The van der Waals surface area contributed by atoms with Crippen LogP contribution >= 0.6 is 0 Å². The van der Waals surface area contributed by atoms with Crippen molar-refractivity contribution in [1.82, 2.24) is 10.2 Å². The molecule has 1 saturated heterocycles. The minimum absolute atomic E-state index is 0.323. The van der Waals surface area contributed by atoms with Crippen molar-refractivity contribution in [2.24, 2.45) is 5.92 Å². The third kappa shape index (κ3) is 5.16. The average Bonchev–Trinajstić information content (AvgIpc) is 2.50. The highest BCUT2D eigenvalue weighted by molar-refractivity contribution is 5.76. The molecular formula is C18H28N2O. The summed E-state index contributed by atoms with van der Waals surface area (Å²) in [5.74, 6) is 0.889. The minimum atomic E-state index is 0.323. The summed E-state index contributed by atoms with van der Waals surface area (Å²) < 4.78 is 0. The van der Waals surface area contributed by atoms with Crippen LogP contribution in [0.25, 0.3) is 0 Å². The molecule has 116 valence electrons. The van der Waals surface area contributed by atoms with E-state index in [2.05, 4.69) is 43.4 Å². The third-order valence-electron chi connectivity index (χ3n) is 4.26. The van der Waals surface area contributed by atoms with E-state index < -0.39 is 0 Å². The second-order valence-corrected chi connectivity index (χ2v) is 6.20. The van der Waals surface area contributed by atoms with Gasteiger partial charge >= 0.3 is 0 Å². The highest BCUT2D eigenvalue weighted by Crippen LogP contribution is 2.18. The first kappa shape index (κ1) is 16.0. The van der Waals surface area contributed by atoms with Crippen LogP contribution in [0.1, 0.15) is 43.7 Å². The van der Waals surface area contributed by atoms with Gasteiger partial charge in [0, 0.05) is 19.5 Å². The van der Waals surface area contributed by atoms with E-state index in [1.807, 2.05) is 4.90 Å². The molecule has 1 fully saturated rings. The Kier molecular flexibility index (Phi) is 6.24. The molecule has 0 aliphatic carbocycles. The van der Waals surface area contributed by atoms with E-state index in [1.54, 1.807) is 0 Å². The molecule has 1 aromatic rings. The van der Waals surface area contributed by atoms with Crippen LogP contribution in [-0.4, -0.2) is 30.4 Å². The molecule has 0 spiro atoms. The van der Waals surface area contributed by atoms with Crippen molar-refractivity contribution in [2.45, 2.75) is 46.1 Å². The van der Waals surface area contributed by atoms with Gasteiger partial charge in [0.15, 0.2) is 0 Å². The Hall–Kier alpha value is -1.35. The van der Waals surface area contributed by atoms with Crippen LogP contribution < -0.4 is 5.32 Å². The molecule has 0 bridgehead atoms. The zero-order valence-corrected chi connectivity index (χ0v) is 13.4. The maximum atomic E-state index is 12.6. The van der Waals surface area contributed by atoms with E-state index in [4.69, 9.17) is 0 Å². The van der Waals surface area contributed by atoms with Gasteiger partial charge in [-0.15, -0.1) is 0 Å². The average molecular weight is 288 g/mol. The van der Waals surface area contributed by atoms with Gasteiger partial charge in [-0.25, -0.2) is 0 Å². The first-order valence-corrected chi connectivity index (χ1v) is 8.23. The highest BCUT2D eigenvalue weighted by atomic mass is 16.2. The van der Waals surface area contributed by atoms with Gasteiger partial charge in [0.05, 0.1) is 0 Å². The van der Waals surface area contributed by atoms with Crippen LogP contribution in [0.3, 0.4) is 0 Å². The van der Waals surface area contributed by atoms with Gasteiger partial charge in [0.25, 0.3) is 0 Å². The van der Waals surface area contributed by atoms with E-state index in [9.17, 15) is 4.79 Å². The smallest absolute Gasteiger partial charge is 0.223 e. The molecule has 21 heavy (non-hydrogen) atoms. The van der Waals surface area contributed by atoms with Crippen LogP contribution in [0.15, 0.2) is 24.3 Å². The molecule has 1 aliphatic rings. The van der Waals surface area contributed by atoms with Crippen molar-refractivity contribution in [2.75, 3.05) is 19.6 Å². The van der Waals surface area contributed by atoms with E-state index in [0.29, 0.717) is 18.2 Å². The molecule has 2 rings (SSSR count). The summed E-state index contributed by atoms with van der Waals surface area (Å²) in [6, 6.07) is 8.51. The number of piperidine rings is 1. The Labute approximate surface area is 128 Å². The Bertz CT molecular complexity index is 435. The number of nitrogens with one attached hydrogen (secondary N) is 1. The quantitative estimate of drug-likeness (QED) is 0.872. The number of amides is 1. The maximum Gasteiger partial charge on any atom is 0.223 e. The Morgan fingerprint density at radius 2 is 1.90 bits per heavy atom. The number of nitrogens with zero attached hydrogens (tertiary/aromatic N) is 1. The number of benzene rings is 1. The maximum absolute atomic E-state index is 12.6. The monoisotopic (exact) mass is 288 g/mol. The SMILES string of the molecule is CCCN(Cc1ccc(C)cc1)C(=O)CC1CCNCC1. The molecule has 3 heteroatoms. The van der Waals surface area contributed by atoms with Crippen LogP contribution in [-0.2, 0) is 11.3 Å². The van der Waals surface area contributed by atoms with E-state index >= 15 is 0 Å². The Balaban J connectivity index is 1.93. The lowest BCUT2D eigenvalue weighted by Crippen LogP contribution is -2.35. The van der Waals surface area contributed by atoms with Crippen LogP contribution in [0, 0.1) is 12.8 Å². The number of hydrogen-bond donors (Lipinski definition) is 1.